The van der Waals surface area contributed by atoms with Crippen LogP contribution in [-0.4, -0.2) is 38.0 Å². The van der Waals surface area contributed by atoms with Gasteiger partial charge in [-0.25, -0.2) is 4.79 Å². The number of methoxy groups -OCH3 is 1. The highest BCUT2D eigenvalue weighted by molar-refractivity contribution is 5.78. The van der Waals surface area contributed by atoms with Crippen molar-refractivity contribution in [3.05, 3.63) is 0 Å². The van der Waals surface area contributed by atoms with Gasteiger partial charge >= 0.3 is 5.97 Å². The zero-order chi connectivity index (χ0) is 14.8. The molecular formula is C16H30O4. The molecule has 0 aromatic carbocycles. The third-order valence-corrected chi connectivity index (χ3v) is 3.71. The second-order valence-electron chi connectivity index (χ2n) is 6.07. The highest BCUT2D eigenvalue weighted by Crippen LogP contribution is 2.18. The average molecular weight is 286 g/mol. The summed E-state index contributed by atoms with van der Waals surface area (Å²) in [5, 5.41) is 0. The third kappa shape index (κ3) is 7.85. The number of rotatable bonds is 12. The van der Waals surface area contributed by atoms with Crippen LogP contribution in [-0.2, 0) is 19.0 Å². The molecule has 1 atom stereocenters. The Kier molecular flexibility index (Phi) is 8.15. The maximum Gasteiger partial charge on any atom is 0.337 e. The van der Waals surface area contributed by atoms with Gasteiger partial charge in [0.25, 0.3) is 0 Å². The molecule has 1 heterocycles. The molecule has 1 aliphatic heterocycles. The van der Waals surface area contributed by atoms with E-state index in [1.807, 2.05) is 0 Å². The van der Waals surface area contributed by atoms with Crippen molar-refractivity contribution in [3.8, 4) is 0 Å². The first-order valence-corrected chi connectivity index (χ1v) is 7.90. The van der Waals surface area contributed by atoms with E-state index in [1.54, 1.807) is 13.8 Å². The molecule has 4 heteroatoms. The number of esters is 1. The van der Waals surface area contributed by atoms with Gasteiger partial charge in [-0.05, 0) is 26.7 Å². The highest BCUT2D eigenvalue weighted by atomic mass is 16.6. The summed E-state index contributed by atoms with van der Waals surface area (Å²) in [5.74, 6) is -0.308. The number of epoxide rings is 1. The van der Waals surface area contributed by atoms with Crippen LogP contribution in [0.2, 0.25) is 0 Å². The van der Waals surface area contributed by atoms with E-state index < -0.39 is 5.60 Å². The summed E-state index contributed by atoms with van der Waals surface area (Å²) in [5.41, 5.74) is -0.820. The van der Waals surface area contributed by atoms with Gasteiger partial charge in [-0.2, -0.15) is 0 Å². The van der Waals surface area contributed by atoms with Crippen molar-refractivity contribution in [2.75, 3.05) is 20.3 Å². The van der Waals surface area contributed by atoms with Gasteiger partial charge in [0.05, 0.1) is 19.8 Å². The van der Waals surface area contributed by atoms with E-state index in [1.165, 1.54) is 52.1 Å². The van der Waals surface area contributed by atoms with Crippen LogP contribution in [0, 0.1) is 0 Å². The van der Waals surface area contributed by atoms with Crippen molar-refractivity contribution in [1.82, 2.24) is 0 Å². The van der Waals surface area contributed by atoms with Gasteiger partial charge in [-0.3, -0.25) is 0 Å². The molecule has 0 radical (unpaired) electrons. The average Bonchev–Trinajstić information content (AvgIpc) is 3.23. The molecule has 4 nitrogen and oxygen atoms in total. The van der Waals surface area contributed by atoms with Crippen LogP contribution in [0.1, 0.15) is 65.2 Å². The molecule has 0 spiro atoms. The summed E-state index contributed by atoms with van der Waals surface area (Å²) >= 11 is 0. The first-order valence-electron chi connectivity index (χ1n) is 7.90. The van der Waals surface area contributed by atoms with Crippen molar-refractivity contribution >= 4 is 5.97 Å². The molecule has 1 rings (SSSR count). The number of unbranched alkanes of at least 4 members (excludes halogenated alkanes) is 6. The molecular weight excluding hydrogens is 256 g/mol. The van der Waals surface area contributed by atoms with E-state index in [-0.39, 0.29) is 5.97 Å². The Bertz CT molecular complexity index is 272. The Hall–Kier alpha value is -0.610. The van der Waals surface area contributed by atoms with E-state index in [2.05, 4.69) is 0 Å². The zero-order valence-corrected chi connectivity index (χ0v) is 13.3. The van der Waals surface area contributed by atoms with E-state index in [4.69, 9.17) is 14.2 Å². The minimum Gasteiger partial charge on any atom is -0.467 e. The van der Waals surface area contributed by atoms with Crippen LogP contribution in [0.3, 0.4) is 0 Å². The Labute approximate surface area is 123 Å². The van der Waals surface area contributed by atoms with Gasteiger partial charge < -0.3 is 14.2 Å². The largest absolute Gasteiger partial charge is 0.467 e. The minimum absolute atomic E-state index is 0.308. The quantitative estimate of drug-likeness (QED) is 0.313. The maximum absolute atomic E-state index is 11.4. The second-order valence-corrected chi connectivity index (χ2v) is 6.07. The van der Waals surface area contributed by atoms with Gasteiger partial charge in [0.1, 0.15) is 0 Å². The number of carbonyl (C=O) groups excluding carboxylic acids is 1. The number of hydrogen-bond acceptors (Lipinski definition) is 4. The summed E-state index contributed by atoms with van der Waals surface area (Å²) in [6, 6.07) is 0. The molecule has 0 bridgehead atoms. The van der Waals surface area contributed by atoms with Gasteiger partial charge in [-0.1, -0.05) is 38.5 Å². The number of hydrogen-bond donors (Lipinski definition) is 0. The van der Waals surface area contributed by atoms with Crippen molar-refractivity contribution in [2.24, 2.45) is 0 Å². The molecule has 0 aliphatic carbocycles. The van der Waals surface area contributed by atoms with Gasteiger partial charge in [0.2, 0.25) is 0 Å². The lowest BCUT2D eigenvalue weighted by Gasteiger charge is -2.22. The normalized spacial score (nSPS) is 18.1. The van der Waals surface area contributed by atoms with Crippen LogP contribution in [0.4, 0.5) is 0 Å². The van der Waals surface area contributed by atoms with E-state index >= 15 is 0 Å². The Morgan fingerprint density at radius 3 is 2.20 bits per heavy atom. The minimum atomic E-state index is -0.820. The smallest absolute Gasteiger partial charge is 0.337 e. The van der Waals surface area contributed by atoms with Gasteiger partial charge in [-0.15, -0.1) is 0 Å². The Morgan fingerprint density at radius 1 is 1.10 bits per heavy atom. The third-order valence-electron chi connectivity index (χ3n) is 3.71. The molecule has 0 aromatic heterocycles. The zero-order valence-electron chi connectivity index (χ0n) is 13.3. The van der Waals surface area contributed by atoms with E-state index in [0.29, 0.717) is 12.7 Å². The summed E-state index contributed by atoms with van der Waals surface area (Å²) in [6.45, 7) is 5.12. The molecule has 1 aliphatic rings. The standard InChI is InChI=1S/C16H30O4/c1-16(2,15(17)18-3)20-12-10-8-6-4-5-7-9-11-14-13-19-14/h14H,4-13H2,1-3H3. The monoisotopic (exact) mass is 286 g/mol. The fourth-order valence-corrected chi connectivity index (χ4v) is 2.22. The fraction of sp³-hybridized carbons (Fsp3) is 0.938. The molecule has 1 saturated heterocycles. The topological polar surface area (TPSA) is 48.1 Å². The van der Waals surface area contributed by atoms with Crippen LogP contribution in [0.5, 0.6) is 0 Å². The second kappa shape index (κ2) is 9.35. The van der Waals surface area contributed by atoms with Crippen molar-refractivity contribution in [3.63, 3.8) is 0 Å². The highest BCUT2D eigenvalue weighted by Gasteiger charge is 2.29. The lowest BCUT2D eigenvalue weighted by molar-refractivity contribution is -0.165. The lowest BCUT2D eigenvalue weighted by atomic mass is 10.1. The first-order chi connectivity index (χ1) is 9.56. The summed E-state index contributed by atoms with van der Waals surface area (Å²) in [4.78, 5) is 11.4. The molecule has 20 heavy (non-hydrogen) atoms. The predicted molar refractivity (Wildman–Crippen MR) is 78.7 cm³/mol. The maximum atomic E-state index is 11.4. The van der Waals surface area contributed by atoms with Crippen molar-refractivity contribution in [1.29, 1.82) is 0 Å². The van der Waals surface area contributed by atoms with Crippen LogP contribution < -0.4 is 0 Å². The molecule has 0 aromatic rings. The molecule has 1 fully saturated rings. The molecule has 0 amide bonds. The van der Waals surface area contributed by atoms with Crippen LogP contribution in [0.15, 0.2) is 0 Å². The Balaban J connectivity index is 1.82. The molecule has 0 saturated carbocycles. The van der Waals surface area contributed by atoms with Gasteiger partial charge in [0, 0.05) is 6.61 Å². The SMILES string of the molecule is COC(=O)C(C)(C)OCCCCCCCCCC1CO1. The summed E-state index contributed by atoms with van der Waals surface area (Å²) in [6.07, 6.45) is 10.5. The molecule has 1 unspecified atom stereocenters. The van der Waals surface area contributed by atoms with Crippen molar-refractivity contribution in [2.45, 2.75) is 76.9 Å². The fourth-order valence-electron chi connectivity index (χ4n) is 2.22. The Morgan fingerprint density at radius 2 is 1.65 bits per heavy atom. The van der Waals surface area contributed by atoms with Crippen LogP contribution >= 0.6 is 0 Å². The van der Waals surface area contributed by atoms with E-state index in [9.17, 15) is 4.79 Å². The number of ether oxygens (including phenoxy) is 3. The first kappa shape index (κ1) is 17.4. The molecule has 118 valence electrons. The van der Waals surface area contributed by atoms with Crippen LogP contribution in [0.25, 0.3) is 0 Å². The predicted octanol–water partition coefficient (Wildman–Crippen LogP) is 3.47. The summed E-state index contributed by atoms with van der Waals surface area (Å²) in [7, 11) is 1.39. The van der Waals surface area contributed by atoms with Crippen molar-refractivity contribution < 1.29 is 19.0 Å². The van der Waals surface area contributed by atoms with Gasteiger partial charge in [0.15, 0.2) is 5.60 Å². The van der Waals surface area contributed by atoms with E-state index in [0.717, 1.165) is 13.0 Å². The number of carbonyl (C=O) groups is 1. The summed E-state index contributed by atoms with van der Waals surface area (Å²) < 4.78 is 15.5. The molecule has 0 N–H and O–H groups in total. The lowest BCUT2D eigenvalue weighted by Crippen LogP contribution is -2.36.